The summed E-state index contributed by atoms with van der Waals surface area (Å²) >= 11 is 0. The molecule has 1 saturated carbocycles. The summed E-state index contributed by atoms with van der Waals surface area (Å²) in [5, 5.41) is 12.6. The Bertz CT molecular complexity index is 593. The summed E-state index contributed by atoms with van der Waals surface area (Å²) in [4.78, 5) is 19.3. The number of nitrogens with one attached hydrogen (secondary N) is 2. The van der Waals surface area contributed by atoms with Crippen LogP contribution >= 0.6 is 0 Å². The number of aromatic amines is 1. The number of hydrogen-bond acceptors (Lipinski definition) is 3. The van der Waals surface area contributed by atoms with Crippen molar-refractivity contribution in [2.75, 3.05) is 0 Å². The Kier molecular flexibility index (Phi) is 3.21. The van der Waals surface area contributed by atoms with Crippen molar-refractivity contribution >= 4 is 16.9 Å². The molecule has 5 nitrogen and oxygen atoms in total. The van der Waals surface area contributed by atoms with E-state index in [0.717, 1.165) is 30.3 Å². The van der Waals surface area contributed by atoms with Crippen LogP contribution in [0.1, 0.15) is 36.0 Å². The van der Waals surface area contributed by atoms with Gasteiger partial charge in [0.1, 0.15) is 0 Å². The van der Waals surface area contributed by atoms with Crippen molar-refractivity contribution in [1.82, 2.24) is 15.3 Å². The van der Waals surface area contributed by atoms with Crippen LogP contribution in [0.2, 0.25) is 0 Å². The lowest BCUT2D eigenvalue weighted by molar-refractivity contribution is 0.0850. The number of imidazole rings is 1. The van der Waals surface area contributed by atoms with Crippen LogP contribution < -0.4 is 5.32 Å². The Morgan fingerprint density at radius 1 is 1.42 bits per heavy atom. The van der Waals surface area contributed by atoms with Crippen LogP contribution in [0.3, 0.4) is 0 Å². The molecule has 1 amide bonds. The molecule has 1 aliphatic rings. The number of carbonyl (C=O) groups is 1. The molecule has 0 radical (unpaired) electrons. The quantitative estimate of drug-likeness (QED) is 0.766. The first-order valence-corrected chi connectivity index (χ1v) is 6.64. The fourth-order valence-corrected chi connectivity index (χ4v) is 2.64. The average molecular weight is 259 g/mol. The lowest BCUT2D eigenvalue weighted by Gasteiger charge is -2.26. The smallest absolute Gasteiger partial charge is 0.251 e. The highest BCUT2D eigenvalue weighted by Crippen LogP contribution is 2.19. The maximum absolute atomic E-state index is 12.2. The number of aliphatic hydroxyl groups is 1. The number of hydrogen-bond donors (Lipinski definition) is 3. The zero-order valence-electron chi connectivity index (χ0n) is 10.6. The molecule has 100 valence electrons. The van der Waals surface area contributed by atoms with Crippen LogP contribution in [0.15, 0.2) is 24.5 Å². The van der Waals surface area contributed by atoms with Gasteiger partial charge in [0.2, 0.25) is 0 Å². The highest BCUT2D eigenvalue weighted by molar-refractivity contribution is 5.97. The minimum atomic E-state index is -0.283. The third-order valence-corrected chi connectivity index (χ3v) is 3.66. The van der Waals surface area contributed by atoms with E-state index in [4.69, 9.17) is 0 Å². The van der Waals surface area contributed by atoms with Crippen molar-refractivity contribution in [1.29, 1.82) is 0 Å². The van der Waals surface area contributed by atoms with E-state index in [1.165, 1.54) is 0 Å². The molecule has 2 aromatic rings. The van der Waals surface area contributed by atoms with Gasteiger partial charge in [-0.3, -0.25) is 4.79 Å². The Morgan fingerprint density at radius 2 is 2.32 bits per heavy atom. The molecule has 1 aliphatic carbocycles. The molecule has 2 atom stereocenters. The second-order valence-corrected chi connectivity index (χ2v) is 5.13. The molecule has 1 aromatic carbocycles. The molecule has 0 aliphatic heterocycles. The highest BCUT2D eigenvalue weighted by atomic mass is 16.3. The number of H-pyrrole nitrogens is 1. The monoisotopic (exact) mass is 259 g/mol. The molecule has 1 aromatic heterocycles. The summed E-state index contributed by atoms with van der Waals surface area (Å²) in [5.74, 6) is -0.0874. The maximum Gasteiger partial charge on any atom is 0.251 e. The Hall–Kier alpha value is -1.88. The first-order valence-electron chi connectivity index (χ1n) is 6.64. The van der Waals surface area contributed by atoms with Gasteiger partial charge in [-0.15, -0.1) is 0 Å². The maximum atomic E-state index is 12.2. The summed E-state index contributed by atoms with van der Waals surface area (Å²) in [6, 6.07) is 5.49. The summed E-state index contributed by atoms with van der Waals surface area (Å²) < 4.78 is 0. The average Bonchev–Trinajstić information content (AvgIpc) is 2.85. The molecule has 0 saturated heterocycles. The van der Waals surface area contributed by atoms with Crippen LogP contribution in [0, 0.1) is 0 Å². The number of carbonyl (C=O) groups excluding carboxylic acids is 1. The van der Waals surface area contributed by atoms with Gasteiger partial charge in [0.15, 0.2) is 0 Å². The SMILES string of the molecule is O=C(N[C@@H]1CCC[C@@H](O)C1)c1ccc2nc[nH]c2c1. The summed E-state index contributed by atoms with van der Waals surface area (Å²) in [6.45, 7) is 0. The molecule has 1 fully saturated rings. The second-order valence-electron chi connectivity index (χ2n) is 5.13. The molecule has 19 heavy (non-hydrogen) atoms. The molecule has 3 rings (SSSR count). The van der Waals surface area contributed by atoms with Gasteiger partial charge in [-0.2, -0.15) is 0 Å². The minimum Gasteiger partial charge on any atom is -0.393 e. The number of amides is 1. The minimum absolute atomic E-state index is 0.0775. The highest BCUT2D eigenvalue weighted by Gasteiger charge is 2.22. The van der Waals surface area contributed by atoms with Crippen LogP contribution in [-0.4, -0.2) is 33.1 Å². The number of benzene rings is 1. The van der Waals surface area contributed by atoms with Crippen molar-refractivity contribution < 1.29 is 9.90 Å². The number of rotatable bonds is 2. The molecule has 0 unspecified atom stereocenters. The first kappa shape index (κ1) is 12.2. The van der Waals surface area contributed by atoms with E-state index in [1.54, 1.807) is 18.5 Å². The van der Waals surface area contributed by atoms with E-state index in [9.17, 15) is 9.90 Å². The molecule has 5 heteroatoms. The Balaban J connectivity index is 1.72. The van der Waals surface area contributed by atoms with Crippen LogP contribution in [0.4, 0.5) is 0 Å². The van der Waals surface area contributed by atoms with E-state index in [0.29, 0.717) is 12.0 Å². The fraction of sp³-hybridized carbons (Fsp3) is 0.429. The van der Waals surface area contributed by atoms with Gasteiger partial charge in [-0.25, -0.2) is 4.98 Å². The van der Waals surface area contributed by atoms with Crippen LogP contribution in [-0.2, 0) is 0 Å². The van der Waals surface area contributed by atoms with Gasteiger partial charge in [0, 0.05) is 11.6 Å². The topological polar surface area (TPSA) is 78.0 Å². The first-order chi connectivity index (χ1) is 9.22. The zero-order chi connectivity index (χ0) is 13.2. The van der Waals surface area contributed by atoms with E-state index < -0.39 is 0 Å². The van der Waals surface area contributed by atoms with Crippen LogP contribution in [0.25, 0.3) is 11.0 Å². The number of fused-ring (bicyclic) bond motifs is 1. The van der Waals surface area contributed by atoms with E-state index in [1.807, 2.05) is 6.07 Å². The number of aliphatic hydroxyl groups excluding tert-OH is 1. The molecule has 0 spiro atoms. The van der Waals surface area contributed by atoms with Crippen LogP contribution in [0.5, 0.6) is 0 Å². The Morgan fingerprint density at radius 3 is 3.16 bits per heavy atom. The summed E-state index contributed by atoms with van der Waals surface area (Å²) in [5.41, 5.74) is 2.33. The summed E-state index contributed by atoms with van der Waals surface area (Å²) in [7, 11) is 0. The standard InChI is InChI=1S/C14H17N3O2/c18-11-3-1-2-10(7-11)17-14(19)9-4-5-12-13(6-9)16-8-15-12/h4-6,8,10-11,18H,1-3,7H2,(H,15,16)(H,17,19)/t10-,11-/m1/s1. The lowest BCUT2D eigenvalue weighted by atomic mass is 9.93. The van der Waals surface area contributed by atoms with Crippen molar-refractivity contribution in [3.05, 3.63) is 30.1 Å². The predicted molar refractivity (Wildman–Crippen MR) is 71.8 cm³/mol. The number of aromatic nitrogens is 2. The summed E-state index contributed by atoms with van der Waals surface area (Å²) in [6.07, 6.45) is 4.73. The van der Waals surface area contributed by atoms with Crippen molar-refractivity contribution in [2.24, 2.45) is 0 Å². The zero-order valence-corrected chi connectivity index (χ0v) is 10.6. The van der Waals surface area contributed by atoms with Crippen molar-refractivity contribution in [2.45, 2.75) is 37.8 Å². The van der Waals surface area contributed by atoms with Gasteiger partial charge in [-0.05, 0) is 43.9 Å². The fourth-order valence-electron chi connectivity index (χ4n) is 2.64. The lowest BCUT2D eigenvalue weighted by Crippen LogP contribution is -2.39. The number of nitrogens with zero attached hydrogens (tertiary/aromatic N) is 1. The van der Waals surface area contributed by atoms with Gasteiger partial charge < -0.3 is 15.4 Å². The third kappa shape index (κ3) is 2.61. The largest absolute Gasteiger partial charge is 0.393 e. The predicted octanol–water partition coefficient (Wildman–Crippen LogP) is 1.60. The second kappa shape index (κ2) is 5.01. The van der Waals surface area contributed by atoms with Gasteiger partial charge >= 0.3 is 0 Å². The van der Waals surface area contributed by atoms with Gasteiger partial charge in [0.05, 0.1) is 23.5 Å². The third-order valence-electron chi connectivity index (χ3n) is 3.66. The van der Waals surface area contributed by atoms with Crippen molar-refractivity contribution in [3.63, 3.8) is 0 Å². The molecular weight excluding hydrogens is 242 g/mol. The molecule has 1 heterocycles. The molecule has 0 bridgehead atoms. The molecular formula is C14H17N3O2. The van der Waals surface area contributed by atoms with E-state index in [-0.39, 0.29) is 18.1 Å². The van der Waals surface area contributed by atoms with Gasteiger partial charge in [0.25, 0.3) is 5.91 Å². The van der Waals surface area contributed by atoms with Crippen molar-refractivity contribution in [3.8, 4) is 0 Å². The Labute approximate surface area is 111 Å². The molecule has 3 N–H and O–H groups in total. The van der Waals surface area contributed by atoms with Gasteiger partial charge in [-0.1, -0.05) is 0 Å². The van der Waals surface area contributed by atoms with E-state index >= 15 is 0 Å². The normalized spacial score (nSPS) is 23.4. The van der Waals surface area contributed by atoms with E-state index in [2.05, 4.69) is 15.3 Å².